The van der Waals surface area contributed by atoms with Gasteiger partial charge in [0.25, 0.3) is 5.91 Å². The molecule has 0 saturated heterocycles. The monoisotopic (exact) mass is 293 g/mol. The van der Waals surface area contributed by atoms with Gasteiger partial charge in [-0.2, -0.15) is 0 Å². The van der Waals surface area contributed by atoms with Gasteiger partial charge in [0.05, 0.1) is 5.56 Å². The number of amides is 1. The summed E-state index contributed by atoms with van der Waals surface area (Å²) < 4.78 is 0. The van der Waals surface area contributed by atoms with Crippen LogP contribution in [-0.2, 0) is 17.6 Å². The van der Waals surface area contributed by atoms with E-state index in [1.807, 2.05) is 5.38 Å². The molecule has 5 heteroatoms. The van der Waals surface area contributed by atoms with Crippen LogP contribution in [0.4, 0.5) is 0 Å². The molecular weight excluding hydrogens is 274 g/mol. The van der Waals surface area contributed by atoms with Crippen molar-refractivity contribution in [3.8, 4) is 0 Å². The van der Waals surface area contributed by atoms with Crippen molar-refractivity contribution in [2.24, 2.45) is 5.92 Å². The summed E-state index contributed by atoms with van der Waals surface area (Å²) >= 11 is 1.60. The molecule has 1 aliphatic rings. The Bertz CT molecular complexity index is 535. The summed E-state index contributed by atoms with van der Waals surface area (Å²) in [7, 11) is 0. The predicted molar refractivity (Wildman–Crippen MR) is 79.2 cm³/mol. The van der Waals surface area contributed by atoms with Crippen LogP contribution in [0, 0.1) is 5.92 Å². The molecule has 0 bridgehead atoms. The first-order valence-electron chi connectivity index (χ1n) is 6.76. The van der Waals surface area contributed by atoms with Gasteiger partial charge in [-0.15, -0.1) is 17.9 Å². The van der Waals surface area contributed by atoms with Crippen LogP contribution in [0.2, 0.25) is 0 Å². The van der Waals surface area contributed by atoms with Gasteiger partial charge in [0.2, 0.25) is 0 Å². The molecule has 0 radical (unpaired) electrons. The molecule has 0 spiro atoms. The lowest BCUT2D eigenvalue weighted by Gasteiger charge is -2.19. The molecule has 0 aromatic carbocycles. The van der Waals surface area contributed by atoms with Gasteiger partial charge in [-0.3, -0.25) is 4.79 Å². The number of thiophene rings is 1. The summed E-state index contributed by atoms with van der Waals surface area (Å²) in [5, 5.41) is 13.5. The fraction of sp³-hybridized carbons (Fsp3) is 0.467. The van der Waals surface area contributed by atoms with E-state index in [9.17, 15) is 9.59 Å². The first-order chi connectivity index (χ1) is 9.52. The molecule has 2 N–H and O–H groups in total. The van der Waals surface area contributed by atoms with Crippen molar-refractivity contribution in [2.75, 3.05) is 0 Å². The van der Waals surface area contributed by atoms with Crippen LogP contribution in [0.5, 0.6) is 0 Å². The molecule has 1 aromatic rings. The van der Waals surface area contributed by atoms with E-state index in [0.29, 0.717) is 11.5 Å². The molecule has 0 aliphatic heterocycles. The largest absolute Gasteiger partial charge is 0.480 e. The highest BCUT2D eigenvalue weighted by Crippen LogP contribution is 2.32. The zero-order valence-corrected chi connectivity index (χ0v) is 12.3. The maximum absolute atomic E-state index is 12.2. The maximum Gasteiger partial charge on any atom is 0.326 e. The highest BCUT2D eigenvalue weighted by Gasteiger charge is 2.25. The Morgan fingerprint density at radius 1 is 1.65 bits per heavy atom. The van der Waals surface area contributed by atoms with Crippen LogP contribution < -0.4 is 5.32 Å². The first kappa shape index (κ1) is 14.8. The Kier molecular flexibility index (Phi) is 4.60. The highest BCUT2D eigenvalue weighted by molar-refractivity contribution is 7.10. The predicted octanol–water partition coefficient (Wildman–Crippen LogP) is 2.63. The summed E-state index contributed by atoms with van der Waals surface area (Å²) in [6, 6.07) is -0.905. The van der Waals surface area contributed by atoms with Crippen molar-refractivity contribution >= 4 is 23.2 Å². The number of hydrogen-bond donors (Lipinski definition) is 2. The Morgan fingerprint density at radius 3 is 3.05 bits per heavy atom. The van der Waals surface area contributed by atoms with Gasteiger partial charge in [-0.25, -0.2) is 4.79 Å². The second kappa shape index (κ2) is 6.22. The molecule has 2 atom stereocenters. The van der Waals surface area contributed by atoms with E-state index in [4.69, 9.17) is 5.11 Å². The minimum absolute atomic E-state index is 0.227. The summed E-state index contributed by atoms with van der Waals surface area (Å²) in [5.74, 6) is -0.660. The van der Waals surface area contributed by atoms with Crippen molar-refractivity contribution in [1.29, 1.82) is 0 Å². The lowest BCUT2D eigenvalue weighted by atomic mass is 9.88. The Labute approximate surface area is 122 Å². The van der Waals surface area contributed by atoms with Gasteiger partial charge in [0, 0.05) is 10.3 Å². The van der Waals surface area contributed by atoms with Gasteiger partial charge < -0.3 is 10.4 Å². The summed E-state index contributed by atoms with van der Waals surface area (Å²) in [6.07, 6.45) is 4.73. The molecule has 20 heavy (non-hydrogen) atoms. The van der Waals surface area contributed by atoms with Crippen molar-refractivity contribution in [2.45, 2.75) is 38.6 Å². The van der Waals surface area contributed by atoms with E-state index in [-0.39, 0.29) is 12.3 Å². The SMILES string of the molecule is C=CCC(NC(=O)c1csc2c1CCC(C)C2)C(=O)O. The van der Waals surface area contributed by atoms with E-state index in [1.54, 1.807) is 11.3 Å². The second-order valence-corrected chi connectivity index (χ2v) is 6.25. The van der Waals surface area contributed by atoms with Gasteiger partial charge in [0.15, 0.2) is 0 Å². The number of nitrogens with one attached hydrogen (secondary N) is 1. The average molecular weight is 293 g/mol. The number of hydrogen-bond acceptors (Lipinski definition) is 3. The maximum atomic E-state index is 12.2. The Morgan fingerprint density at radius 2 is 2.40 bits per heavy atom. The zero-order valence-electron chi connectivity index (χ0n) is 11.5. The fourth-order valence-corrected chi connectivity index (χ4v) is 3.74. The number of fused-ring (bicyclic) bond motifs is 1. The quantitative estimate of drug-likeness (QED) is 0.820. The molecule has 2 rings (SSSR count). The number of carboxylic acids is 1. The number of carboxylic acid groups (broad SMARTS) is 1. The molecule has 4 nitrogen and oxygen atoms in total. The number of rotatable bonds is 5. The van der Waals surface area contributed by atoms with Crippen LogP contribution in [0.25, 0.3) is 0 Å². The van der Waals surface area contributed by atoms with Crippen molar-refractivity contribution in [3.63, 3.8) is 0 Å². The minimum Gasteiger partial charge on any atom is -0.480 e. The first-order valence-corrected chi connectivity index (χ1v) is 7.64. The van der Waals surface area contributed by atoms with Gasteiger partial charge >= 0.3 is 5.97 Å². The third kappa shape index (κ3) is 3.10. The molecular formula is C15H19NO3S. The third-order valence-corrected chi connectivity index (χ3v) is 4.70. The minimum atomic E-state index is -1.03. The molecule has 1 aliphatic carbocycles. The molecule has 1 heterocycles. The van der Waals surface area contributed by atoms with Gasteiger partial charge in [0.1, 0.15) is 6.04 Å². The van der Waals surface area contributed by atoms with Crippen LogP contribution in [0.1, 0.15) is 40.6 Å². The van der Waals surface area contributed by atoms with E-state index in [2.05, 4.69) is 18.8 Å². The second-order valence-electron chi connectivity index (χ2n) is 5.29. The molecule has 2 unspecified atom stereocenters. The van der Waals surface area contributed by atoms with Crippen LogP contribution in [0.3, 0.4) is 0 Å². The van der Waals surface area contributed by atoms with Crippen molar-refractivity contribution < 1.29 is 14.7 Å². The van der Waals surface area contributed by atoms with E-state index < -0.39 is 12.0 Å². The standard InChI is InChI=1S/C15H19NO3S/c1-3-4-12(15(18)19)16-14(17)11-8-20-13-7-9(2)5-6-10(11)13/h3,8-9,12H,1,4-7H2,2H3,(H,16,17)(H,18,19). The van der Waals surface area contributed by atoms with E-state index in [1.165, 1.54) is 11.0 Å². The Balaban J connectivity index is 2.14. The summed E-state index contributed by atoms with van der Waals surface area (Å²) in [5.41, 5.74) is 1.75. The lowest BCUT2D eigenvalue weighted by molar-refractivity contribution is -0.139. The summed E-state index contributed by atoms with van der Waals surface area (Å²) in [6.45, 7) is 5.73. The third-order valence-electron chi connectivity index (χ3n) is 3.65. The molecule has 0 saturated carbocycles. The van der Waals surface area contributed by atoms with Crippen molar-refractivity contribution in [3.05, 3.63) is 34.0 Å². The highest BCUT2D eigenvalue weighted by atomic mass is 32.1. The molecule has 1 aromatic heterocycles. The smallest absolute Gasteiger partial charge is 0.326 e. The molecule has 1 amide bonds. The number of carbonyl (C=O) groups is 2. The topological polar surface area (TPSA) is 66.4 Å². The van der Waals surface area contributed by atoms with E-state index >= 15 is 0 Å². The van der Waals surface area contributed by atoms with Crippen LogP contribution in [-0.4, -0.2) is 23.0 Å². The van der Waals surface area contributed by atoms with Crippen LogP contribution >= 0.6 is 11.3 Å². The van der Waals surface area contributed by atoms with E-state index in [0.717, 1.165) is 24.8 Å². The van der Waals surface area contributed by atoms with Gasteiger partial charge in [-0.1, -0.05) is 13.0 Å². The fourth-order valence-electron chi connectivity index (χ4n) is 2.49. The van der Waals surface area contributed by atoms with Gasteiger partial charge in [-0.05, 0) is 37.2 Å². The lowest BCUT2D eigenvalue weighted by Crippen LogP contribution is -2.40. The Hall–Kier alpha value is -1.62. The summed E-state index contributed by atoms with van der Waals surface area (Å²) in [4.78, 5) is 24.6. The number of carbonyl (C=O) groups excluding carboxylic acids is 1. The zero-order chi connectivity index (χ0) is 14.7. The average Bonchev–Trinajstić information content (AvgIpc) is 2.80. The normalized spacial score (nSPS) is 18.9. The van der Waals surface area contributed by atoms with Crippen molar-refractivity contribution in [1.82, 2.24) is 5.32 Å². The van der Waals surface area contributed by atoms with Crippen LogP contribution in [0.15, 0.2) is 18.0 Å². The number of aliphatic carboxylic acids is 1. The molecule has 0 fully saturated rings. The molecule has 108 valence electrons.